The predicted octanol–water partition coefficient (Wildman–Crippen LogP) is 2.62. The first kappa shape index (κ1) is 11.3. The van der Waals surface area contributed by atoms with Crippen LogP contribution in [0, 0.1) is 5.21 Å². The molecule has 0 unspecified atom stereocenters. The molecule has 0 saturated heterocycles. The molecule has 0 saturated carbocycles. The van der Waals surface area contributed by atoms with Gasteiger partial charge >= 0.3 is 6.18 Å². The van der Waals surface area contributed by atoms with Gasteiger partial charge in [0.2, 0.25) is 0 Å². The Hall–Kier alpha value is -1.79. The summed E-state index contributed by atoms with van der Waals surface area (Å²) >= 11 is 0. The van der Waals surface area contributed by atoms with E-state index in [9.17, 15) is 18.4 Å². The number of anilines is 1. The van der Waals surface area contributed by atoms with Gasteiger partial charge in [0.25, 0.3) is 0 Å². The molecule has 0 aromatic heterocycles. The number of nitrogens with zero attached hydrogens (tertiary/aromatic N) is 2. The van der Waals surface area contributed by atoms with Crippen LogP contribution in [-0.4, -0.2) is 11.9 Å². The predicted molar refractivity (Wildman–Crippen MR) is 47.0 cm³/mol. The Bertz CT molecular complexity index is 372. The van der Waals surface area contributed by atoms with Crippen LogP contribution in [0.4, 0.5) is 18.9 Å². The minimum atomic E-state index is -4.47. The maximum absolute atomic E-state index is 12.4. The highest BCUT2D eigenvalue weighted by Crippen LogP contribution is 2.34. The second-order valence-corrected chi connectivity index (χ2v) is 2.72. The molecule has 1 rings (SSSR count). The van der Waals surface area contributed by atoms with Crippen molar-refractivity contribution in [3.8, 4) is 0 Å². The van der Waals surface area contributed by atoms with Crippen molar-refractivity contribution in [2.24, 2.45) is 5.22 Å². The fourth-order valence-electron chi connectivity index (χ4n) is 0.952. The summed E-state index contributed by atoms with van der Waals surface area (Å²) in [5, 5.41) is 13.5. The lowest BCUT2D eigenvalue weighted by atomic mass is 10.2. The van der Waals surface area contributed by atoms with Crippen molar-refractivity contribution in [2.75, 3.05) is 12.5 Å². The van der Waals surface area contributed by atoms with Gasteiger partial charge in [-0.25, -0.2) is 0 Å². The number of alkyl halides is 3. The monoisotopic (exact) mass is 219 g/mol. The van der Waals surface area contributed by atoms with Crippen molar-refractivity contribution < 1.29 is 18.0 Å². The Morgan fingerprint density at radius 2 is 1.93 bits per heavy atom. The van der Waals surface area contributed by atoms with E-state index in [-0.39, 0.29) is 10.5 Å². The molecule has 1 aromatic rings. The molecule has 0 bridgehead atoms. The molecule has 0 radical (unpaired) electrons. The van der Waals surface area contributed by atoms with Crippen molar-refractivity contribution >= 4 is 5.69 Å². The lowest BCUT2D eigenvalue weighted by Crippen LogP contribution is -2.09. The largest absolute Gasteiger partial charge is 0.696 e. The second kappa shape index (κ2) is 4.16. The van der Waals surface area contributed by atoms with E-state index in [1.165, 1.54) is 18.2 Å². The fraction of sp³-hybridized carbons (Fsp3) is 0.250. The molecular formula is C8H8F3N3O. The molecule has 0 atom stereocenters. The number of nitrogens with one attached hydrogen (secondary N) is 1. The highest BCUT2D eigenvalue weighted by molar-refractivity contribution is 5.51. The molecule has 82 valence electrons. The van der Waals surface area contributed by atoms with Crippen LogP contribution < -0.4 is 5.43 Å². The summed E-state index contributed by atoms with van der Waals surface area (Å²) in [6.07, 6.45) is -4.47. The number of halogens is 3. The average molecular weight is 219 g/mol. The van der Waals surface area contributed by atoms with E-state index in [1.807, 2.05) is 5.43 Å². The lowest BCUT2D eigenvalue weighted by molar-refractivity contribution is -0.497. The van der Waals surface area contributed by atoms with E-state index < -0.39 is 11.7 Å². The molecular weight excluding hydrogens is 211 g/mol. The SMILES string of the molecule is C/[N+]([O-])=N/Nc1ccccc1C(F)(F)F. The van der Waals surface area contributed by atoms with Crippen LogP contribution >= 0.6 is 0 Å². The maximum atomic E-state index is 12.4. The first-order valence-electron chi connectivity index (χ1n) is 3.95. The third-order valence-corrected chi connectivity index (χ3v) is 1.54. The minimum absolute atomic E-state index is 0.132. The number of hydroxylamine groups is 1. The minimum Gasteiger partial charge on any atom is -0.696 e. The van der Waals surface area contributed by atoms with Crippen molar-refractivity contribution in [1.82, 2.24) is 0 Å². The number of hydrogen-bond donors (Lipinski definition) is 1. The van der Waals surface area contributed by atoms with Crippen LogP contribution in [0.25, 0.3) is 0 Å². The number of hydrogen-bond acceptors (Lipinski definition) is 2. The molecule has 0 spiro atoms. The van der Waals surface area contributed by atoms with E-state index in [2.05, 4.69) is 5.22 Å². The molecule has 4 nitrogen and oxygen atoms in total. The summed E-state index contributed by atoms with van der Waals surface area (Å²) < 4.78 is 37.2. The molecule has 1 aromatic carbocycles. The number of para-hydroxylation sites is 1. The smallest absolute Gasteiger partial charge is 0.420 e. The van der Waals surface area contributed by atoms with Gasteiger partial charge in [0, 0.05) is 0 Å². The molecule has 7 heteroatoms. The fourth-order valence-corrected chi connectivity index (χ4v) is 0.952. The third-order valence-electron chi connectivity index (χ3n) is 1.54. The van der Waals surface area contributed by atoms with E-state index >= 15 is 0 Å². The Balaban J connectivity index is 3.02. The van der Waals surface area contributed by atoms with Gasteiger partial charge in [-0.15, -0.1) is 5.43 Å². The highest BCUT2D eigenvalue weighted by atomic mass is 19.4. The van der Waals surface area contributed by atoms with Gasteiger partial charge in [0.05, 0.1) is 5.22 Å². The van der Waals surface area contributed by atoms with Gasteiger partial charge in [-0.05, 0) is 12.1 Å². The van der Waals surface area contributed by atoms with Gasteiger partial charge in [0.1, 0.15) is 12.6 Å². The maximum Gasteiger partial charge on any atom is 0.420 e. The van der Waals surface area contributed by atoms with Crippen LogP contribution in [0.15, 0.2) is 29.5 Å². The molecule has 0 fully saturated rings. The van der Waals surface area contributed by atoms with Crippen molar-refractivity contribution in [2.45, 2.75) is 6.18 Å². The summed E-state index contributed by atoms with van der Waals surface area (Å²) in [4.78, 5) is 0.132. The zero-order valence-corrected chi connectivity index (χ0v) is 7.75. The van der Waals surface area contributed by atoms with Gasteiger partial charge in [-0.3, -0.25) is 0 Å². The number of rotatable bonds is 2. The van der Waals surface area contributed by atoms with Crippen LogP contribution in [0.3, 0.4) is 0 Å². The Morgan fingerprint density at radius 1 is 1.33 bits per heavy atom. The van der Waals surface area contributed by atoms with Gasteiger partial charge in [-0.2, -0.15) is 18.0 Å². The summed E-state index contributed by atoms with van der Waals surface area (Å²) in [6.45, 7) is 0. The highest BCUT2D eigenvalue weighted by Gasteiger charge is 2.34. The van der Waals surface area contributed by atoms with E-state index in [0.29, 0.717) is 0 Å². The molecule has 0 heterocycles. The second-order valence-electron chi connectivity index (χ2n) is 2.72. The van der Waals surface area contributed by atoms with Gasteiger partial charge < -0.3 is 5.21 Å². The Labute approximate surface area is 83.6 Å². The lowest BCUT2D eigenvalue weighted by Gasteiger charge is -2.08. The summed E-state index contributed by atoms with van der Waals surface area (Å²) in [5.74, 6) is 0. The zero-order valence-electron chi connectivity index (χ0n) is 7.75. The van der Waals surface area contributed by atoms with Crippen molar-refractivity contribution in [3.05, 3.63) is 35.0 Å². The molecule has 0 aliphatic heterocycles. The van der Waals surface area contributed by atoms with E-state index in [1.54, 1.807) is 0 Å². The van der Waals surface area contributed by atoms with Gasteiger partial charge in [-0.1, -0.05) is 12.1 Å². The summed E-state index contributed by atoms with van der Waals surface area (Å²) in [7, 11) is 1.06. The zero-order chi connectivity index (χ0) is 11.5. The first-order chi connectivity index (χ1) is 6.91. The number of benzene rings is 1. The molecule has 0 aliphatic carbocycles. The quantitative estimate of drug-likeness (QED) is 0.472. The molecule has 1 N–H and O–H groups in total. The Morgan fingerprint density at radius 3 is 2.47 bits per heavy atom. The summed E-state index contributed by atoms with van der Waals surface area (Å²) in [5.41, 5.74) is 0.916. The van der Waals surface area contributed by atoms with Crippen LogP contribution in [0.1, 0.15) is 5.56 Å². The van der Waals surface area contributed by atoms with Crippen LogP contribution in [0.5, 0.6) is 0 Å². The molecule has 0 amide bonds. The van der Waals surface area contributed by atoms with Gasteiger partial charge in [0.15, 0.2) is 5.69 Å². The molecule has 15 heavy (non-hydrogen) atoms. The van der Waals surface area contributed by atoms with E-state index in [4.69, 9.17) is 0 Å². The van der Waals surface area contributed by atoms with Crippen molar-refractivity contribution in [1.29, 1.82) is 0 Å². The normalized spacial score (nSPS) is 12.7. The standard InChI is InChI=1S/C8H8F3N3O/c1-14(15)13-12-7-5-3-2-4-6(7)8(9,10)11/h2-5,12H,1H3/b14-13-. The third kappa shape index (κ3) is 3.12. The summed E-state index contributed by atoms with van der Waals surface area (Å²) in [6, 6.07) is 4.77. The van der Waals surface area contributed by atoms with Crippen LogP contribution in [0.2, 0.25) is 0 Å². The Kier molecular flexibility index (Phi) is 3.13. The topological polar surface area (TPSA) is 50.5 Å². The van der Waals surface area contributed by atoms with Crippen LogP contribution in [-0.2, 0) is 6.18 Å². The van der Waals surface area contributed by atoms with E-state index in [0.717, 1.165) is 13.1 Å². The first-order valence-corrected chi connectivity index (χ1v) is 3.95. The van der Waals surface area contributed by atoms with Crippen molar-refractivity contribution in [3.63, 3.8) is 0 Å². The molecule has 0 aliphatic rings. The average Bonchev–Trinajstić information content (AvgIpc) is 2.13.